The monoisotopic (exact) mass is 984 g/mol. The predicted molar refractivity (Wildman–Crippen MR) is 226 cm³/mol. The Morgan fingerprint density at radius 1 is 0.400 bits per heavy atom. The number of hydrogen-bond donors (Lipinski definition) is 6. The molecule has 3 unspecified atom stereocenters. The Kier molecular flexibility index (Phi) is 28.2. The molecule has 0 spiro atoms. The summed E-state index contributed by atoms with van der Waals surface area (Å²) < 4.78 is -4.49. The molecule has 2 rings (SSSR count). The minimum Gasteiger partial charge on any atom is -0.354 e. The molecule has 0 aliphatic heterocycles. The van der Waals surface area contributed by atoms with E-state index in [0.29, 0.717) is 17.8 Å². The van der Waals surface area contributed by atoms with Gasteiger partial charge in [-0.05, 0) is 20.8 Å². The Morgan fingerprint density at radius 2 is 0.580 bits per heavy atom. The van der Waals surface area contributed by atoms with Gasteiger partial charge in [-0.25, -0.2) is 0 Å². The van der Waals surface area contributed by atoms with Crippen LogP contribution in [0.3, 0.4) is 0 Å². The molecule has 6 N–H and O–H groups in total. The lowest BCUT2D eigenvalue weighted by Crippen LogP contribution is -2.24. The van der Waals surface area contributed by atoms with Crippen molar-refractivity contribution in [2.75, 3.05) is 71.2 Å². The van der Waals surface area contributed by atoms with Gasteiger partial charge in [-0.15, -0.1) is 59.6 Å². The molecule has 0 saturated carbocycles. The van der Waals surface area contributed by atoms with Crippen LogP contribution in [0.5, 0.6) is 0 Å². The zero-order chi connectivity index (χ0) is 36.5. The fraction of sp³-hybridized carbons (Fsp3) is 0.750. The highest BCUT2D eigenvalue weighted by Crippen LogP contribution is 2.34. The van der Waals surface area contributed by atoms with E-state index in [4.69, 9.17) is 139 Å². The second-order valence-electron chi connectivity index (χ2n) is 9.60. The van der Waals surface area contributed by atoms with Crippen molar-refractivity contribution < 1.29 is 0 Å². The topological polar surface area (TPSA) is 150 Å². The van der Waals surface area contributed by atoms with Crippen LogP contribution in [-0.2, 0) is 0 Å². The van der Waals surface area contributed by atoms with Crippen molar-refractivity contribution in [3.8, 4) is 0 Å². The van der Waals surface area contributed by atoms with Crippen LogP contribution >= 0.6 is 164 Å². The number of hydrogen-bond acceptors (Lipinski definition) is 12. The highest BCUT2D eigenvalue weighted by atomic mass is 35.6. The van der Waals surface area contributed by atoms with E-state index in [9.17, 15) is 0 Å². The quantitative estimate of drug-likeness (QED) is 0.0790. The fourth-order valence-corrected chi connectivity index (χ4v) is 6.59. The zero-order valence-corrected chi connectivity index (χ0v) is 37.3. The summed E-state index contributed by atoms with van der Waals surface area (Å²) in [7, 11) is 0. The maximum Gasteiger partial charge on any atom is 0.229 e. The van der Waals surface area contributed by atoms with E-state index in [1.165, 1.54) is 0 Å². The van der Waals surface area contributed by atoms with Crippen molar-refractivity contribution in [3.63, 3.8) is 0 Å². The van der Waals surface area contributed by atoms with Crippen LogP contribution in [0, 0.1) is 0 Å². The number of rotatable bonds is 18. The highest BCUT2D eigenvalue weighted by molar-refractivity contribution is 6.68. The van der Waals surface area contributed by atoms with E-state index in [-0.39, 0.29) is 81.6 Å². The summed E-state index contributed by atoms with van der Waals surface area (Å²) in [4.78, 5) is 25.4. The Bertz CT molecular complexity index is 1040. The molecular formula is C24H38Cl14N12. The van der Waals surface area contributed by atoms with Crippen molar-refractivity contribution in [2.45, 2.75) is 67.5 Å². The molecule has 292 valence electrons. The lowest BCUT2D eigenvalue weighted by atomic mass is 10.3. The highest BCUT2D eigenvalue weighted by Gasteiger charge is 2.26. The Hall–Kier alpha value is 0.880. The largest absolute Gasteiger partial charge is 0.354 e. The van der Waals surface area contributed by atoms with Gasteiger partial charge in [-0.2, -0.15) is 29.9 Å². The van der Waals surface area contributed by atoms with Gasteiger partial charge in [0, 0.05) is 58.5 Å². The first kappa shape index (κ1) is 53.0. The molecule has 0 aliphatic carbocycles. The second-order valence-corrected chi connectivity index (χ2v) is 19.0. The maximum absolute atomic E-state index is 6.20. The van der Waals surface area contributed by atoms with Crippen LogP contribution in [0.1, 0.15) is 40.0 Å². The number of alkyl halides is 12. The number of halogens is 14. The van der Waals surface area contributed by atoms with Crippen LogP contribution in [-0.4, -0.2) is 96.7 Å². The fourth-order valence-electron chi connectivity index (χ4n) is 3.28. The van der Waals surface area contributed by atoms with E-state index in [1.807, 2.05) is 20.8 Å². The van der Waals surface area contributed by atoms with Gasteiger partial charge in [0.2, 0.25) is 35.7 Å². The number of anilines is 6. The van der Waals surface area contributed by atoms with Gasteiger partial charge in [0.05, 0.1) is 16.1 Å². The summed E-state index contributed by atoms with van der Waals surface area (Å²) in [6.45, 7) is 9.00. The van der Waals surface area contributed by atoms with Gasteiger partial charge in [0.25, 0.3) is 0 Å². The third-order valence-corrected chi connectivity index (χ3v) is 7.39. The summed E-state index contributed by atoms with van der Waals surface area (Å²) in [5.41, 5.74) is 0. The smallest absolute Gasteiger partial charge is 0.229 e. The van der Waals surface area contributed by atoms with E-state index in [2.05, 4.69) is 61.8 Å². The van der Waals surface area contributed by atoms with Gasteiger partial charge in [0.15, 0.2) is 11.4 Å². The normalized spacial score (nSPS) is 13.3. The Labute approximate surface area is 365 Å². The number of aromatic nitrogens is 6. The molecule has 2 aromatic rings. The first-order valence-corrected chi connectivity index (χ1v) is 19.0. The molecular weight excluding hydrogens is 953 g/mol. The third-order valence-electron chi connectivity index (χ3n) is 5.08. The minimum absolute atomic E-state index is 0. The van der Waals surface area contributed by atoms with Crippen molar-refractivity contribution >= 4 is 200 Å². The maximum atomic E-state index is 6.20. The summed E-state index contributed by atoms with van der Waals surface area (Å²) >= 11 is 70.5. The summed E-state index contributed by atoms with van der Waals surface area (Å²) in [6, 6.07) is 0. The molecule has 0 aromatic carbocycles. The molecule has 26 heteroatoms. The minimum atomic E-state index is -1.50. The number of nitrogens with one attached hydrogen (secondary N) is 6. The van der Waals surface area contributed by atoms with Crippen LogP contribution in [0.25, 0.3) is 0 Å². The summed E-state index contributed by atoms with van der Waals surface area (Å²) in [6.07, 6.45) is 0.302. The first-order chi connectivity index (χ1) is 22.2. The van der Waals surface area contributed by atoms with Gasteiger partial charge in [0.1, 0.15) is 0 Å². The molecule has 0 aliphatic rings. The molecule has 0 radical (unpaired) electrons. The van der Waals surface area contributed by atoms with Crippen LogP contribution < -0.4 is 31.9 Å². The van der Waals surface area contributed by atoms with E-state index in [0.717, 1.165) is 19.6 Å². The van der Waals surface area contributed by atoms with Crippen LogP contribution in [0.15, 0.2) is 0 Å². The van der Waals surface area contributed by atoms with Crippen LogP contribution in [0.2, 0.25) is 0 Å². The first-order valence-electron chi connectivity index (χ1n) is 14.3. The third kappa shape index (κ3) is 27.5. The van der Waals surface area contributed by atoms with E-state index < -0.39 is 27.5 Å². The van der Waals surface area contributed by atoms with Gasteiger partial charge >= 0.3 is 0 Å². The molecule has 0 amide bonds. The molecule has 2 heterocycles. The van der Waals surface area contributed by atoms with E-state index in [1.54, 1.807) is 0 Å². The van der Waals surface area contributed by atoms with Crippen molar-refractivity contribution in [1.29, 1.82) is 0 Å². The van der Waals surface area contributed by atoms with Crippen molar-refractivity contribution in [2.24, 2.45) is 0 Å². The van der Waals surface area contributed by atoms with E-state index >= 15 is 0 Å². The molecule has 0 fully saturated rings. The Balaban J connectivity index is 0. The van der Waals surface area contributed by atoms with Crippen molar-refractivity contribution in [1.82, 2.24) is 29.9 Å². The molecule has 2 aromatic heterocycles. The average Bonchev–Trinajstić information content (AvgIpc) is 2.92. The zero-order valence-electron chi connectivity index (χ0n) is 26.6. The average molecular weight is 991 g/mol. The van der Waals surface area contributed by atoms with Crippen LogP contribution in [0.4, 0.5) is 35.7 Å². The number of nitrogens with zero attached hydrogens (tertiary/aromatic N) is 6. The molecule has 50 heavy (non-hydrogen) atoms. The Morgan fingerprint density at radius 3 is 0.740 bits per heavy atom. The van der Waals surface area contributed by atoms with Gasteiger partial charge in [-0.1, -0.05) is 104 Å². The van der Waals surface area contributed by atoms with Crippen molar-refractivity contribution in [3.05, 3.63) is 0 Å². The second kappa shape index (κ2) is 26.6. The SMILES string of the molecule is CCNc1nc(NCC)nc(NCC)n1.Cl.Cl.ClC(CNc1nc(NCC(Cl)CC(Cl)(Cl)Cl)nc(NCC(Cl)CC(Cl)(Cl)Cl)n1)CC(Cl)(Cl)Cl. The summed E-state index contributed by atoms with van der Waals surface area (Å²) in [5, 5.41) is 16.5. The molecule has 12 nitrogen and oxygen atoms in total. The standard InChI is InChI=1S/C15H18Cl12N6.C9H18N6.2ClH/c16-7(1-13(19,20)21)4-28-10-31-11(29-5-8(17)2-14(22,23)24)33-12(32-10)30-6-9(18)3-15(25,26)27;1-4-10-7-13-8(11-5-2)15-9(14-7)12-6-3;;/h7-9H,1-6H2,(H3,28,29,30,31,32,33);4-6H2,1-3H3,(H3,10,11,12,13,14,15);2*1H. The van der Waals surface area contributed by atoms with Gasteiger partial charge in [-0.3, -0.25) is 0 Å². The molecule has 0 bridgehead atoms. The lowest BCUT2D eigenvalue weighted by molar-refractivity contribution is 0.775. The lowest BCUT2D eigenvalue weighted by Gasteiger charge is -2.18. The molecule has 3 atom stereocenters. The summed E-state index contributed by atoms with van der Waals surface area (Å²) in [5.74, 6) is 2.35. The molecule has 0 saturated heterocycles. The predicted octanol–water partition coefficient (Wildman–Crippen LogP) is 10.2. The van der Waals surface area contributed by atoms with Gasteiger partial charge < -0.3 is 31.9 Å².